The van der Waals surface area contributed by atoms with E-state index >= 15 is 0 Å². The molecule has 2 bridgehead atoms. The van der Waals surface area contributed by atoms with Crippen LogP contribution in [0.4, 0.5) is 5.69 Å². The van der Waals surface area contributed by atoms with E-state index in [0.29, 0.717) is 5.92 Å². The van der Waals surface area contributed by atoms with Gasteiger partial charge < -0.3 is 9.57 Å². The van der Waals surface area contributed by atoms with Crippen LogP contribution in [0.15, 0.2) is 29.4 Å². The molecule has 0 unspecified atom stereocenters. The number of hydrogen-bond donors (Lipinski definition) is 0. The van der Waals surface area contributed by atoms with E-state index in [0.717, 1.165) is 19.3 Å². The van der Waals surface area contributed by atoms with E-state index in [-0.39, 0.29) is 28.0 Å². The van der Waals surface area contributed by atoms with Gasteiger partial charge in [-0.2, -0.15) is 0 Å². The lowest BCUT2D eigenvalue weighted by Gasteiger charge is -2.42. The molecule has 132 valence electrons. The lowest BCUT2D eigenvalue weighted by Crippen LogP contribution is -2.49. The number of oxime groups is 1. The van der Waals surface area contributed by atoms with Crippen LogP contribution in [-0.4, -0.2) is 22.4 Å². The predicted octanol–water partition coefficient (Wildman–Crippen LogP) is 3.68. The van der Waals surface area contributed by atoms with Crippen LogP contribution < -0.4 is 0 Å². The first-order valence-corrected chi connectivity index (χ1v) is 8.45. The minimum atomic E-state index is -0.884. The average Bonchev–Trinajstić information content (AvgIpc) is 3.15. The molecule has 7 nitrogen and oxygen atoms in total. The third-order valence-corrected chi connectivity index (χ3v) is 6.86. The summed E-state index contributed by atoms with van der Waals surface area (Å²) < 4.78 is 6.02. The number of carbonyl (C=O) groups is 1. The second-order valence-electron chi connectivity index (χ2n) is 7.97. The van der Waals surface area contributed by atoms with Crippen LogP contribution in [0.5, 0.6) is 0 Å². The number of rotatable bonds is 3. The zero-order valence-electron chi connectivity index (χ0n) is 14.4. The summed E-state index contributed by atoms with van der Waals surface area (Å²) in [4.78, 5) is 28.6. The number of hydrogen-bond acceptors (Lipinski definition) is 6. The zero-order chi connectivity index (χ0) is 18.0. The number of benzene rings is 1. The molecule has 2 saturated carbocycles. The number of non-ortho nitro benzene ring substituents is 1. The molecule has 1 heterocycles. The molecule has 0 saturated heterocycles. The Morgan fingerprint density at radius 1 is 1.28 bits per heavy atom. The Kier molecular flexibility index (Phi) is 3.08. The highest BCUT2D eigenvalue weighted by molar-refractivity contribution is 6.43. The van der Waals surface area contributed by atoms with Crippen LogP contribution in [0, 0.1) is 26.9 Å². The Hall–Kier alpha value is -2.44. The SMILES string of the molecule is CC1(C)[C@@H]2CC[C@@]1(C)[C@]1(C2)ON=C(C(=O)c2ccc([N+](=O)[O-])cc2)O1. The van der Waals surface area contributed by atoms with Gasteiger partial charge in [0, 0.05) is 24.1 Å². The topological polar surface area (TPSA) is 91.0 Å². The fraction of sp³-hybridized carbons (Fsp3) is 0.556. The van der Waals surface area contributed by atoms with Gasteiger partial charge in [0.15, 0.2) is 0 Å². The summed E-state index contributed by atoms with van der Waals surface area (Å²) >= 11 is 0. The van der Waals surface area contributed by atoms with Gasteiger partial charge in [-0.1, -0.05) is 20.8 Å². The maximum absolute atomic E-state index is 12.6. The Labute approximate surface area is 145 Å². The second-order valence-corrected chi connectivity index (χ2v) is 7.97. The molecular formula is C18H20N2O5. The Balaban J connectivity index is 1.57. The Morgan fingerprint density at radius 2 is 1.96 bits per heavy atom. The molecule has 25 heavy (non-hydrogen) atoms. The maximum Gasteiger partial charge on any atom is 0.302 e. The van der Waals surface area contributed by atoms with Gasteiger partial charge >= 0.3 is 5.90 Å². The van der Waals surface area contributed by atoms with Crippen molar-refractivity contribution in [1.82, 2.24) is 0 Å². The molecule has 3 aliphatic rings. The van der Waals surface area contributed by atoms with Gasteiger partial charge in [0.25, 0.3) is 17.3 Å². The van der Waals surface area contributed by atoms with E-state index in [1.54, 1.807) is 0 Å². The van der Waals surface area contributed by atoms with E-state index in [2.05, 4.69) is 25.9 Å². The summed E-state index contributed by atoms with van der Waals surface area (Å²) in [6, 6.07) is 5.40. The highest BCUT2D eigenvalue weighted by Gasteiger charge is 2.74. The first-order valence-electron chi connectivity index (χ1n) is 8.45. The van der Waals surface area contributed by atoms with Gasteiger partial charge in [-0.15, -0.1) is 0 Å². The van der Waals surface area contributed by atoms with Crippen molar-refractivity contribution in [2.75, 3.05) is 0 Å². The van der Waals surface area contributed by atoms with E-state index in [1.165, 1.54) is 24.3 Å². The molecule has 7 heteroatoms. The highest BCUT2D eigenvalue weighted by Crippen LogP contribution is 2.71. The molecule has 1 aliphatic heterocycles. The van der Waals surface area contributed by atoms with Crippen molar-refractivity contribution in [3.63, 3.8) is 0 Å². The van der Waals surface area contributed by atoms with Crippen LogP contribution >= 0.6 is 0 Å². The number of carbonyl (C=O) groups excluding carboxylic acids is 1. The Bertz CT molecular complexity index is 800. The van der Waals surface area contributed by atoms with E-state index < -0.39 is 16.5 Å². The second kappa shape index (κ2) is 4.80. The number of fused-ring (bicyclic) bond motifs is 3. The third-order valence-electron chi connectivity index (χ3n) is 6.86. The van der Waals surface area contributed by atoms with Gasteiger partial charge in [-0.05, 0) is 41.5 Å². The first-order chi connectivity index (χ1) is 11.7. The van der Waals surface area contributed by atoms with Crippen molar-refractivity contribution in [2.45, 2.75) is 45.8 Å². The van der Waals surface area contributed by atoms with Crippen molar-refractivity contribution < 1.29 is 19.3 Å². The quantitative estimate of drug-likeness (QED) is 0.474. The molecule has 1 aromatic carbocycles. The molecule has 2 aliphatic carbocycles. The van der Waals surface area contributed by atoms with Gasteiger partial charge in [-0.3, -0.25) is 14.9 Å². The molecule has 1 spiro atoms. The number of ether oxygens (including phenoxy) is 1. The summed E-state index contributed by atoms with van der Waals surface area (Å²) in [7, 11) is 0. The third kappa shape index (κ3) is 1.92. The van der Waals surface area contributed by atoms with Gasteiger partial charge in [0.05, 0.1) is 10.3 Å². The first kappa shape index (κ1) is 16.1. The van der Waals surface area contributed by atoms with Crippen molar-refractivity contribution in [3.05, 3.63) is 39.9 Å². The van der Waals surface area contributed by atoms with Crippen molar-refractivity contribution in [2.24, 2.45) is 21.9 Å². The van der Waals surface area contributed by atoms with Crippen molar-refractivity contribution in [3.8, 4) is 0 Å². The summed E-state index contributed by atoms with van der Waals surface area (Å²) in [5, 5.41) is 14.7. The number of ketones is 1. The molecule has 0 N–H and O–H groups in total. The summed E-state index contributed by atoms with van der Waals surface area (Å²) in [6.07, 6.45) is 2.82. The van der Waals surface area contributed by atoms with Gasteiger partial charge in [0.1, 0.15) is 0 Å². The normalized spacial score (nSPS) is 34.5. The monoisotopic (exact) mass is 344 g/mol. The lowest BCUT2D eigenvalue weighted by molar-refractivity contribution is -0.384. The largest absolute Gasteiger partial charge is 0.427 e. The maximum atomic E-state index is 12.6. The van der Waals surface area contributed by atoms with Crippen molar-refractivity contribution in [1.29, 1.82) is 0 Å². The molecule has 3 atom stereocenters. The standard InChI is InChI=1S/C18H20N2O5/c1-16(2)12-8-9-17(16,3)18(10-12)24-15(19-25-18)14(21)11-4-6-13(7-5-11)20(22)23/h4-7,12H,8-10H2,1-3H3/t12-,17-,18+/m1/s1. The summed E-state index contributed by atoms with van der Waals surface area (Å²) in [5.74, 6) is -0.901. The van der Waals surface area contributed by atoms with Crippen molar-refractivity contribution >= 4 is 17.4 Å². The fourth-order valence-electron chi connectivity index (χ4n) is 4.73. The van der Waals surface area contributed by atoms with Gasteiger partial charge in [0.2, 0.25) is 0 Å². The minimum absolute atomic E-state index is 0.0500. The average molecular weight is 344 g/mol. The minimum Gasteiger partial charge on any atom is -0.427 e. The van der Waals surface area contributed by atoms with E-state index in [1.807, 2.05) is 0 Å². The van der Waals surface area contributed by atoms with E-state index in [4.69, 9.17) is 9.57 Å². The smallest absolute Gasteiger partial charge is 0.302 e. The van der Waals surface area contributed by atoms with Gasteiger partial charge in [-0.25, -0.2) is 0 Å². The van der Waals surface area contributed by atoms with Crippen LogP contribution in [0.25, 0.3) is 0 Å². The molecule has 1 aromatic rings. The lowest BCUT2D eigenvalue weighted by atomic mass is 9.68. The molecule has 4 rings (SSSR count). The summed E-state index contributed by atoms with van der Waals surface area (Å²) in [6.45, 7) is 6.60. The molecule has 0 amide bonds. The number of nitrogens with zero attached hydrogens (tertiary/aromatic N) is 2. The number of nitro groups is 1. The van der Waals surface area contributed by atoms with Crippen LogP contribution in [0.2, 0.25) is 0 Å². The number of Topliss-reactive ketones (excluding diaryl/α,β-unsaturated/α-hetero) is 1. The number of nitro benzene ring substituents is 1. The predicted molar refractivity (Wildman–Crippen MR) is 89.0 cm³/mol. The van der Waals surface area contributed by atoms with E-state index in [9.17, 15) is 14.9 Å². The highest BCUT2D eigenvalue weighted by atomic mass is 16.8. The molecular weight excluding hydrogens is 324 g/mol. The van der Waals surface area contributed by atoms with Crippen LogP contribution in [0.1, 0.15) is 50.4 Å². The van der Waals surface area contributed by atoms with Crippen LogP contribution in [-0.2, 0) is 9.57 Å². The zero-order valence-corrected chi connectivity index (χ0v) is 14.4. The summed E-state index contributed by atoms with van der Waals surface area (Å²) in [5.41, 5.74) is 0.0542. The Morgan fingerprint density at radius 3 is 2.48 bits per heavy atom. The fourth-order valence-corrected chi connectivity index (χ4v) is 4.73. The molecule has 2 fully saturated rings. The molecule has 0 aromatic heterocycles. The molecule has 0 radical (unpaired) electrons. The van der Waals surface area contributed by atoms with Crippen LogP contribution in [0.3, 0.4) is 0 Å².